The summed E-state index contributed by atoms with van der Waals surface area (Å²) in [5.74, 6) is 0. The van der Waals surface area contributed by atoms with Crippen LogP contribution in [0, 0.1) is 0 Å². The van der Waals surface area contributed by atoms with Crippen LogP contribution in [0.15, 0.2) is 0 Å². The minimum atomic E-state index is -4.05. The molecule has 0 aromatic rings. The van der Waals surface area contributed by atoms with Crippen molar-refractivity contribution in [3.05, 3.63) is 0 Å². The maximum atomic E-state index is 11.1. The van der Waals surface area contributed by atoms with Crippen molar-refractivity contribution >= 4 is 7.82 Å². The Morgan fingerprint density at radius 3 is 2.43 bits per heavy atom. The number of hydrogen-bond donors (Lipinski definition) is 0. The summed E-state index contributed by atoms with van der Waals surface area (Å²) < 4.78 is 21.1. The molecule has 1 aliphatic heterocycles. The zero-order valence-electron chi connectivity index (χ0n) is 8.77. The Balaban J connectivity index is 2.35. The lowest BCUT2D eigenvalue weighted by atomic mass is 10.4. The molecule has 14 heavy (non-hydrogen) atoms. The molecule has 0 bridgehead atoms. The van der Waals surface area contributed by atoms with Crippen LogP contribution >= 0.6 is 7.82 Å². The van der Waals surface area contributed by atoms with Gasteiger partial charge in [-0.15, -0.1) is 0 Å². The van der Waals surface area contributed by atoms with E-state index in [2.05, 4.69) is 4.52 Å². The minimum absolute atomic E-state index is 0.129. The number of rotatable bonds is 5. The van der Waals surface area contributed by atoms with Gasteiger partial charge in [0.05, 0.1) is 26.7 Å². The van der Waals surface area contributed by atoms with E-state index < -0.39 is 7.82 Å². The van der Waals surface area contributed by atoms with Gasteiger partial charge in [-0.1, -0.05) is 0 Å². The fourth-order valence-electron chi connectivity index (χ4n) is 1.63. The lowest BCUT2D eigenvalue weighted by Gasteiger charge is -2.31. The van der Waals surface area contributed by atoms with Gasteiger partial charge in [-0.25, -0.2) is 0 Å². The van der Waals surface area contributed by atoms with Gasteiger partial charge in [0.1, 0.15) is 0 Å². The first-order valence-corrected chi connectivity index (χ1v) is 6.37. The maximum absolute atomic E-state index is 11.1. The van der Waals surface area contributed by atoms with Gasteiger partial charge in [0.2, 0.25) is 0 Å². The molecule has 84 valence electrons. The minimum Gasteiger partial charge on any atom is -0.756 e. The molecule has 0 spiro atoms. The molecule has 1 heterocycles. The van der Waals surface area contributed by atoms with E-state index in [1.54, 1.807) is 6.92 Å². The van der Waals surface area contributed by atoms with Crippen molar-refractivity contribution in [3.8, 4) is 0 Å². The van der Waals surface area contributed by atoms with Crippen LogP contribution in [0.5, 0.6) is 0 Å². The van der Waals surface area contributed by atoms with Crippen LogP contribution in [0.4, 0.5) is 0 Å². The van der Waals surface area contributed by atoms with Crippen molar-refractivity contribution in [3.63, 3.8) is 0 Å². The quantitative estimate of drug-likeness (QED) is 0.508. The fraction of sp³-hybridized carbons (Fsp3) is 1.00. The van der Waals surface area contributed by atoms with Gasteiger partial charge < -0.3 is 13.9 Å². The zero-order chi connectivity index (χ0) is 10.7. The van der Waals surface area contributed by atoms with Crippen molar-refractivity contribution in [1.82, 2.24) is 0 Å². The van der Waals surface area contributed by atoms with Gasteiger partial charge in [0.25, 0.3) is 7.82 Å². The van der Waals surface area contributed by atoms with Gasteiger partial charge in [0.15, 0.2) is 6.73 Å². The SMILES string of the molecule is CCOP(=O)([O-])OC[N+]1(C)CCCC1. The van der Waals surface area contributed by atoms with Crippen molar-refractivity contribution in [2.75, 3.05) is 33.5 Å². The fourth-order valence-corrected chi connectivity index (χ4v) is 2.44. The van der Waals surface area contributed by atoms with Crippen LogP contribution in [-0.4, -0.2) is 38.0 Å². The van der Waals surface area contributed by atoms with E-state index in [1.807, 2.05) is 7.05 Å². The molecule has 1 rings (SSSR count). The molecule has 1 saturated heterocycles. The van der Waals surface area contributed by atoms with E-state index in [0.717, 1.165) is 25.9 Å². The zero-order valence-corrected chi connectivity index (χ0v) is 9.66. The van der Waals surface area contributed by atoms with Gasteiger partial charge in [0, 0.05) is 12.8 Å². The molecule has 1 unspecified atom stereocenters. The number of nitrogens with zero attached hydrogens (tertiary/aromatic N) is 1. The topological polar surface area (TPSA) is 58.6 Å². The van der Waals surface area contributed by atoms with Gasteiger partial charge >= 0.3 is 0 Å². The summed E-state index contributed by atoms with van der Waals surface area (Å²) in [6.07, 6.45) is 2.27. The van der Waals surface area contributed by atoms with Crippen LogP contribution in [0.3, 0.4) is 0 Å². The molecule has 0 amide bonds. The Hall–Kier alpha value is 0.0700. The maximum Gasteiger partial charge on any atom is 0.272 e. The molecule has 0 radical (unpaired) electrons. The highest BCUT2D eigenvalue weighted by Gasteiger charge is 2.28. The summed E-state index contributed by atoms with van der Waals surface area (Å²) in [6.45, 7) is 3.91. The average molecular weight is 223 g/mol. The Morgan fingerprint density at radius 1 is 1.36 bits per heavy atom. The Bertz CT molecular complexity index is 227. The summed E-state index contributed by atoms with van der Waals surface area (Å²) in [5.41, 5.74) is 0. The van der Waals surface area contributed by atoms with Crippen LogP contribution in [0.1, 0.15) is 19.8 Å². The van der Waals surface area contributed by atoms with Crippen molar-refractivity contribution < 1.29 is 23.0 Å². The van der Waals surface area contributed by atoms with Gasteiger partial charge in [-0.2, -0.15) is 0 Å². The molecule has 1 fully saturated rings. The van der Waals surface area contributed by atoms with Crippen LogP contribution < -0.4 is 4.89 Å². The Labute approximate surface area is 84.8 Å². The molecule has 1 aliphatic rings. The largest absolute Gasteiger partial charge is 0.756 e. The monoisotopic (exact) mass is 223 g/mol. The second-order valence-corrected chi connectivity index (χ2v) is 5.31. The summed E-state index contributed by atoms with van der Waals surface area (Å²) in [4.78, 5) is 11.1. The molecule has 0 aromatic heterocycles. The average Bonchev–Trinajstić information content (AvgIpc) is 2.50. The summed E-state index contributed by atoms with van der Waals surface area (Å²) in [7, 11) is -2.05. The second-order valence-electron chi connectivity index (χ2n) is 3.90. The predicted octanol–water partition coefficient (Wildman–Crippen LogP) is 0.706. The number of quaternary nitrogens is 1. The lowest BCUT2D eigenvalue weighted by molar-refractivity contribution is -0.913. The first kappa shape index (κ1) is 12.1. The van der Waals surface area contributed by atoms with Crippen LogP contribution in [-0.2, 0) is 13.6 Å². The molecule has 5 nitrogen and oxygen atoms in total. The lowest BCUT2D eigenvalue weighted by Crippen LogP contribution is -2.42. The number of hydrogen-bond acceptors (Lipinski definition) is 4. The first-order chi connectivity index (χ1) is 6.47. The first-order valence-electron chi connectivity index (χ1n) is 4.91. The standard InChI is InChI=1S/C8H18NO4P/c1-3-12-14(10,11)13-8-9(2)6-4-5-7-9/h3-8H2,1-2H3. The molecule has 6 heteroatoms. The molecule has 0 aromatic carbocycles. The van der Waals surface area contributed by atoms with E-state index in [0.29, 0.717) is 4.48 Å². The van der Waals surface area contributed by atoms with Crippen LogP contribution in [0.25, 0.3) is 0 Å². The summed E-state index contributed by atoms with van der Waals surface area (Å²) in [5, 5.41) is 0. The van der Waals surface area contributed by atoms with E-state index in [1.165, 1.54) is 0 Å². The van der Waals surface area contributed by atoms with Crippen LogP contribution in [0.2, 0.25) is 0 Å². The van der Waals surface area contributed by atoms with E-state index in [9.17, 15) is 9.46 Å². The number of phosphoric acid groups is 1. The van der Waals surface area contributed by atoms with E-state index >= 15 is 0 Å². The highest BCUT2D eigenvalue weighted by molar-refractivity contribution is 7.45. The predicted molar refractivity (Wildman–Crippen MR) is 50.3 cm³/mol. The summed E-state index contributed by atoms with van der Waals surface area (Å²) in [6, 6.07) is 0. The number of likely N-dealkylation sites (tertiary alicyclic amines) is 1. The third-order valence-corrected chi connectivity index (χ3v) is 3.47. The summed E-state index contributed by atoms with van der Waals surface area (Å²) >= 11 is 0. The van der Waals surface area contributed by atoms with Crippen molar-refractivity contribution in [2.45, 2.75) is 19.8 Å². The van der Waals surface area contributed by atoms with E-state index in [4.69, 9.17) is 4.52 Å². The van der Waals surface area contributed by atoms with E-state index in [-0.39, 0.29) is 13.3 Å². The molecule has 1 atom stereocenters. The van der Waals surface area contributed by atoms with Crippen molar-refractivity contribution in [1.29, 1.82) is 0 Å². The highest BCUT2D eigenvalue weighted by atomic mass is 31.2. The number of phosphoric ester groups is 1. The molecule has 0 saturated carbocycles. The normalized spacial score (nSPS) is 24.8. The third kappa shape index (κ3) is 3.67. The highest BCUT2D eigenvalue weighted by Crippen LogP contribution is 2.38. The second kappa shape index (κ2) is 4.73. The van der Waals surface area contributed by atoms with Gasteiger partial charge in [-0.3, -0.25) is 9.09 Å². The van der Waals surface area contributed by atoms with Gasteiger partial charge in [-0.05, 0) is 6.92 Å². The van der Waals surface area contributed by atoms with Crippen molar-refractivity contribution in [2.24, 2.45) is 0 Å². The molecule has 0 N–H and O–H groups in total. The Morgan fingerprint density at radius 2 is 1.93 bits per heavy atom. The molecule has 0 aliphatic carbocycles. The third-order valence-electron chi connectivity index (χ3n) is 2.46. The smallest absolute Gasteiger partial charge is 0.272 e. The molecular weight excluding hydrogens is 205 g/mol. The Kier molecular flexibility index (Phi) is 4.10. The molecular formula is C8H18NO4P.